The molecule has 1 aliphatic heterocycles. The van der Waals surface area contributed by atoms with Gasteiger partial charge in [0.25, 0.3) is 0 Å². The Morgan fingerprint density at radius 2 is 2.00 bits per heavy atom. The highest BCUT2D eigenvalue weighted by molar-refractivity contribution is 7.91. The van der Waals surface area contributed by atoms with Crippen molar-refractivity contribution in [2.24, 2.45) is 0 Å². The Balaban J connectivity index is 1.63. The molecule has 0 spiro atoms. The fraction of sp³-hybridized carbons (Fsp3) is 0.267. The molecule has 0 radical (unpaired) electrons. The molecule has 1 aliphatic rings. The number of sulfonamides is 1. The summed E-state index contributed by atoms with van der Waals surface area (Å²) in [5.74, 6) is 0. The molecule has 0 aliphatic carbocycles. The molecule has 1 atom stereocenters. The lowest BCUT2D eigenvalue weighted by Gasteiger charge is -2.13. The van der Waals surface area contributed by atoms with Crippen LogP contribution in [0.1, 0.15) is 5.56 Å². The fourth-order valence-corrected chi connectivity index (χ4v) is 4.87. The Labute approximate surface area is 149 Å². The number of thiophene rings is 1. The quantitative estimate of drug-likeness (QED) is 0.857. The highest BCUT2D eigenvalue weighted by atomic mass is 35.5. The molecule has 0 saturated carbocycles. The number of nitrogens with zero attached hydrogens (tertiary/aromatic N) is 1. The summed E-state index contributed by atoms with van der Waals surface area (Å²) in [7, 11) is -3.66. The minimum Gasteiger partial charge on any atom is -0.443 e. The van der Waals surface area contributed by atoms with Crippen molar-refractivity contribution in [1.29, 1.82) is 0 Å². The summed E-state index contributed by atoms with van der Waals surface area (Å²) in [6, 6.07) is 10.4. The maximum atomic E-state index is 12.2. The highest BCUT2D eigenvalue weighted by Crippen LogP contribution is 2.26. The molecule has 1 aromatic carbocycles. The van der Waals surface area contributed by atoms with Crippen LogP contribution in [0.3, 0.4) is 0 Å². The second kappa shape index (κ2) is 6.72. The topological polar surface area (TPSA) is 75.7 Å². The van der Waals surface area contributed by atoms with E-state index in [9.17, 15) is 13.2 Å². The fourth-order valence-electron chi connectivity index (χ4n) is 2.28. The number of carbonyl (C=O) groups excluding carboxylic acids is 1. The molecule has 1 fully saturated rings. The Morgan fingerprint density at radius 1 is 1.29 bits per heavy atom. The first-order valence-electron chi connectivity index (χ1n) is 7.15. The van der Waals surface area contributed by atoms with E-state index in [1.165, 1.54) is 17.0 Å². The zero-order valence-corrected chi connectivity index (χ0v) is 15.1. The van der Waals surface area contributed by atoms with Crippen molar-refractivity contribution in [3.8, 4) is 0 Å². The first-order chi connectivity index (χ1) is 11.3. The lowest BCUT2D eigenvalue weighted by molar-refractivity contribution is 0.143. The second-order valence-electron chi connectivity index (χ2n) is 5.36. The van der Waals surface area contributed by atoms with Crippen LogP contribution in [0.4, 0.5) is 10.5 Å². The molecule has 24 heavy (non-hydrogen) atoms. The molecule has 6 nitrogen and oxygen atoms in total. The average molecular weight is 387 g/mol. The predicted molar refractivity (Wildman–Crippen MR) is 93.3 cm³/mol. The summed E-state index contributed by atoms with van der Waals surface area (Å²) in [5.41, 5.74) is 1.81. The number of rotatable bonds is 5. The monoisotopic (exact) mass is 386 g/mol. The van der Waals surface area contributed by atoms with Crippen molar-refractivity contribution in [1.82, 2.24) is 4.72 Å². The number of carbonyl (C=O) groups is 1. The van der Waals surface area contributed by atoms with E-state index >= 15 is 0 Å². The third-order valence-electron chi connectivity index (χ3n) is 3.53. The SMILES string of the molecule is Cc1ccc(N2CC(CNS(=O)(=O)c3ccc(Cl)s3)OC2=O)cc1. The number of benzene rings is 1. The van der Waals surface area contributed by atoms with Gasteiger partial charge in [-0.1, -0.05) is 29.3 Å². The van der Waals surface area contributed by atoms with Gasteiger partial charge in [0.15, 0.2) is 0 Å². The van der Waals surface area contributed by atoms with Crippen LogP contribution < -0.4 is 9.62 Å². The summed E-state index contributed by atoms with van der Waals surface area (Å²) >= 11 is 6.73. The standard InChI is InChI=1S/C15H15ClN2O4S2/c1-10-2-4-11(5-3-10)18-9-12(22-15(18)19)8-17-24(20,21)14-7-6-13(16)23-14/h2-7,12,17H,8-9H2,1H3. The smallest absolute Gasteiger partial charge is 0.414 e. The second-order valence-corrected chi connectivity index (χ2v) is 9.07. The Kier molecular flexibility index (Phi) is 4.82. The Bertz CT molecular complexity index is 849. The highest BCUT2D eigenvalue weighted by Gasteiger charge is 2.33. The van der Waals surface area contributed by atoms with Crippen molar-refractivity contribution in [3.05, 3.63) is 46.3 Å². The lowest BCUT2D eigenvalue weighted by atomic mass is 10.2. The van der Waals surface area contributed by atoms with E-state index in [-0.39, 0.29) is 17.3 Å². The molecule has 0 bridgehead atoms. The third-order valence-corrected chi connectivity index (χ3v) is 6.68. The van der Waals surface area contributed by atoms with Gasteiger partial charge in [-0.15, -0.1) is 11.3 Å². The molecule has 1 saturated heterocycles. The van der Waals surface area contributed by atoms with E-state index in [1.54, 1.807) is 0 Å². The maximum Gasteiger partial charge on any atom is 0.414 e. The molecule has 1 unspecified atom stereocenters. The van der Waals surface area contributed by atoms with Crippen molar-refractivity contribution < 1.29 is 17.9 Å². The molecule has 1 amide bonds. The number of hydrogen-bond donors (Lipinski definition) is 1. The van der Waals surface area contributed by atoms with Crippen LogP contribution >= 0.6 is 22.9 Å². The van der Waals surface area contributed by atoms with E-state index in [1.807, 2.05) is 31.2 Å². The lowest BCUT2D eigenvalue weighted by Crippen LogP contribution is -2.34. The molecule has 1 N–H and O–H groups in total. The van der Waals surface area contributed by atoms with Crippen molar-refractivity contribution in [2.45, 2.75) is 17.2 Å². The van der Waals surface area contributed by atoms with Gasteiger partial charge in [0, 0.05) is 12.2 Å². The van der Waals surface area contributed by atoms with Gasteiger partial charge in [-0.05, 0) is 31.2 Å². The zero-order chi connectivity index (χ0) is 17.3. The number of amides is 1. The molecule has 2 heterocycles. The molecule has 9 heteroatoms. The first kappa shape index (κ1) is 17.2. The molecular weight excluding hydrogens is 372 g/mol. The summed E-state index contributed by atoms with van der Waals surface area (Å²) < 4.78 is 32.5. The van der Waals surface area contributed by atoms with E-state index in [4.69, 9.17) is 16.3 Å². The molecule has 1 aromatic heterocycles. The first-order valence-corrected chi connectivity index (χ1v) is 9.83. The van der Waals surface area contributed by atoms with Gasteiger partial charge in [0.1, 0.15) is 10.3 Å². The van der Waals surface area contributed by atoms with Gasteiger partial charge >= 0.3 is 6.09 Å². The van der Waals surface area contributed by atoms with Crippen LogP contribution in [0.5, 0.6) is 0 Å². The molecule has 128 valence electrons. The largest absolute Gasteiger partial charge is 0.443 e. The van der Waals surface area contributed by atoms with E-state index in [0.717, 1.165) is 22.6 Å². The van der Waals surface area contributed by atoms with E-state index in [2.05, 4.69) is 4.72 Å². The maximum absolute atomic E-state index is 12.2. The summed E-state index contributed by atoms with van der Waals surface area (Å²) in [4.78, 5) is 13.5. The van der Waals surface area contributed by atoms with Gasteiger partial charge in [0.2, 0.25) is 10.0 Å². The van der Waals surface area contributed by atoms with E-state index < -0.39 is 22.2 Å². The number of ether oxygens (including phenoxy) is 1. The van der Waals surface area contributed by atoms with Gasteiger partial charge in [-0.25, -0.2) is 17.9 Å². The van der Waals surface area contributed by atoms with Crippen LogP contribution in [0, 0.1) is 6.92 Å². The molecule has 2 aromatic rings. The third kappa shape index (κ3) is 3.72. The van der Waals surface area contributed by atoms with Gasteiger partial charge < -0.3 is 4.74 Å². The van der Waals surface area contributed by atoms with Crippen LogP contribution in [-0.4, -0.2) is 33.7 Å². The van der Waals surface area contributed by atoms with Crippen molar-refractivity contribution in [2.75, 3.05) is 18.0 Å². The molecule has 3 rings (SSSR count). The van der Waals surface area contributed by atoms with Crippen LogP contribution in [0.2, 0.25) is 4.34 Å². The number of aryl methyl sites for hydroxylation is 1. The van der Waals surface area contributed by atoms with Crippen LogP contribution in [0.15, 0.2) is 40.6 Å². The van der Waals surface area contributed by atoms with Crippen LogP contribution in [-0.2, 0) is 14.8 Å². The number of cyclic esters (lactones) is 1. The molecular formula is C15H15ClN2O4S2. The summed E-state index contributed by atoms with van der Waals surface area (Å²) in [6.45, 7) is 2.25. The van der Waals surface area contributed by atoms with E-state index in [0.29, 0.717) is 4.34 Å². The number of halogens is 1. The number of anilines is 1. The van der Waals surface area contributed by atoms with Gasteiger partial charge in [-0.2, -0.15) is 0 Å². The number of hydrogen-bond acceptors (Lipinski definition) is 5. The predicted octanol–water partition coefficient (Wildman–Crippen LogP) is 3.01. The summed E-state index contributed by atoms with van der Waals surface area (Å²) in [6.07, 6.45) is -1.04. The van der Waals surface area contributed by atoms with Crippen molar-refractivity contribution in [3.63, 3.8) is 0 Å². The Hall–Kier alpha value is -1.61. The number of nitrogens with one attached hydrogen (secondary N) is 1. The normalized spacial score (nSPS) is 18.0. The minimum absolute atomic E-state index is 0.00591. The van der Waals surface area contributed by atoms with Crippen LogP contribution in [0.25, 0.3) is 0 Å². The summed E-state index contributed by atoms with van der Waals surface area (Å²) in [5, 5.41) is 0. The zero-order valence-electron chi connectivity index (χ0n) is 12.7. The average Bonchev–Trinajstić information content (AvgIpc) is 3.13. The van der Waals surface area contributed by atoms with Gasteiger partial charge in [-0.3, -0.25) is 4.90 Å². The van der Waals surface area contributed by atoms with Gasteiger partial charge in [0.05, 0.1) is 10.9 Å². The Morgan fingerprint density at radius 3 is 2.62 bits per heavy atom. The minimum atomic E-state index is -3.66. The van der Waals surface area contributed by atoms with Crippen molar-refractivity contribution >= 4 is 44.7 Å².